The van der Waals surface area contributed by atoms with Gasteiger partial charge in [-0.15, -0.1) is 4.72 Å². The Labute approximate surface area is 159 Å². The second-order valence-electron chi connectivity index (χ2n) is 6.94. The highest BCUT2D eigenvalue weighted by molar-refractivity contribution is 7.90. The second-order valence-corrected chi connectivity index (χ2v) is 9.31. The molecule has 1 aromatic carbocycles. The van der Waals surface area contributed by atoms with Crippen LogP contribution in [0.3, 0.4) is 0 Å². The number of ether oxygens (including phenoxy) is 2. The predicted octanol–water partition coefficient (Wildman–Crippen LogP) is 3.30. The smallest absolute Gasteiger partial charge is 0.150 e. The minimum atomic E-state index is -1.28. The van der Waals surface area contributed by atoms with E-state index in [2.05, 4.69) is 9.82 Å². The van der Waals surface area contributed by atoms with E-state index in [1.54, 1.807) is 6.20 Å². The fraction of sp³-hybridized carbons (Fsp3) is 0.471. The molecule has 1 unspecified atom stereocenters. The number of nitrogens with zero attached hydrogens (tertiary/aromatic N) is 2. The summed E-state index contributed by atoms with van der Waals surface area (Å²) >= 11 is 5.02. The van der Waals surface area contributed by atoms with Gasteiger partial charge in [0.15, 0.2) is 5.82 Å². The maximum atomic E-state index is 14.5. The van der Waals surface area contributed by atoms with Crippen LogP contribution >= 0.6 is 11.6 Å². The van der Waals surface area contributed by atoms with Crippen LogP contribution in [0.15, 0.2) is 18.3 Å². The third-order valence-corrected chi connectivity index (χ3v) is 6.04. The van der Waals surface area contributed by atoms with E-state index in [1.807, 2.05) is 20.8 Å². The number of hydrogen-bond donors (Lipinski definition) is 1. The number of benzene rings is 1. The van der Waals surface area contributed by atoms with Crippen LogP contribution in [0.25, 0.3) is 5.69 Å². The molecule has 1 N–H and O–H groups in total. The van der Waals surface area contributed by atoms with Crippen molar-refractivity contribution in [1.29, 1.82) is 0 Å². The van der Waals surface area contributed by atoms with Gasteiger partial charge in [0.2, 0.25) is 0 Å². The van der Waals surface area contributed by atoms with Crippen molar-refractivity contribution in [3.05, 3.63) is 40.4 Å². The van der Waals surface area contributed by atoms with Crippen LogP contribution in [-0.4, -0.2) is 32.8 Å². The summed E-state index contributed by atoms with van der Waals surface area (Å²) in [5.74, 6) is -0.164. The largest absolute Gasteiger partial charge is 0.598 e. The van der Waals surface area contributed by atoms with Gasteiger partial charge in [0.1, 0.15) is 27.2 Å². The maximum absolute atomic E-state index is 14.5. The van der Waals surface area contributed by atoms with Gasteiger partial charge in [0.05, 0.1) is 32.2 Å². The summed E-state index contributed by atoms with van der Waals surface area (Å²) in [7, 11) is 1.46. The molecule has 0 aliphatic carbocycles. The third kappa shape index (κ3) is 3.57. The van der Waals surface area contributed by atoms with Gasteiger partial charge < -0.3 is 14.0 Å². The van der Waals surface area contributed by atoms with Crippen LogP contribution in [0.2, 0.25) is 5.02 Å². The summed E-state index contributed by atoms with van der Waals surface area (Å²) in [4.78, 5) is 0. The van der Waals surface area contributed by atoms with Gasteiger partial charge in [-0.25, -0.2) is 9.07 Å². The lowest BCUT2D eigenvalue weighted by atomic mass is 10.1. The topological polar surface area (TPSA) is 71.4 Å². The number of aromatic nitrogens is 2. The highest BCUT2D eigenvalue weighted by Crippen LogP contribution is 2.36. The highest BCUT2D eigenvalue weighted by Gasteiger charge is 2.34. The van der Waals surface area contributed by atoms with Crippen molar-refractivity contribution in [3.63, 3.8) is 0 Å². The van der Waals surface area contributed by atoms with Crippen LogP contribution < -0.4 is 9.46 Å². The summed E-state index contributed by atoms with van der Waals surface area (Å²) in [6.45, 7) is 6.26. The van der Waals surface area contributed by atoms with Crippen molar-refractivity contribution in [2.24, 2.45) is 0 Å². The van der Waals surface area contributed by atoms with E-state index in [0.717, 1.165) is 5.56 Å². The maximum Gasteiger partial charge on any atom is 0.150 e. The van der Waals surface area contributed by atoms with E-state index in [1.165, 1.54) is 23.9 Å². The molecule has 0 spiro atoms. The lowest BCUT2D eigenvalue weighted by Crippen LogP contribution is -2.43. The van der Waals surface area contributed by atoms with Gasteiger partial charge in [-0.2, -0.15) is 5.10 Å². The lowest BCUT2D eigenvalue weighted by Gasteiger charge is -2.30. The third-order valence-electron chi connectivity index (χ3n) is 4.07. The zero-order valence-corrected chi connectivity index (χ0v) is 16.6. The molecular formula is C17H21ClFN3O3S. The van der Waals surface area contributed by atoms with E-state index in [9.17, 15) is 8.94 Å². The van der Waals surface area contributed by atoms with E-state index >= 15 is 0 Å². The quantitative estimate of drug-likeness (QED) is 0.796. The normalized spacial score (nSPS) is 18.5. The summed E-state index contributed by atoms with van der Waals surface area (Å²) in [5.41, 5.74) is 1.58. The Hall–Kier alpha value is -1.32. The molecule has 0 saturated carbocycles. The fourth-order valence-electron chi connectivity index (χ4n) is 2.66. The van der Waals surface area contributed by atoms with Gasteiger partial charge in [0.25, 0.3) is 0 Å². The number of nitrogens with one attached hydrogen (secondary N) is 1. The number of methoxy groups -OCH3 is 1. The van der Waals surface area contributed by atoms with Crippen LogP contribution in [0, 0.1) is 5.82 Å². The van der Waals surface area contributed by atoms with Crippen molar-refractivity contribution in [2.45, 2.75) is 38.2 Å². The van der Waals surface area contributed by atoms with Gasteiger partial charge in [-0.1, -0.05) is 11.6 Å². The molecule has 6 nitrogen and oxygen atoms in total. The molecule has 1 aliphatic heterocycles. The Bertz CT molecular complexity index is 809. The van der Waals surface area contributed by atoms with Gasteiger partial charge in [-0.05, 0) is 32.9 Å². The number of fused-ring (bicyclic) bond motifs is 1. The van der Waals surface area contributed by atoms with Crippen LogP contribution in [0.4, 0.5) is 4.39 Å². The Morgan fingerprint density at radius 3 is 2.85 bits per heavy atom. The lowest BCUT2D eigenvalue weighted by molar-refractivity contribution is 0.0842. The number of halogens is 2. The van der Waals surface area contributed by atoms with Crippen molar-refractivity contribution >= 4 is 23.0 Å². The van der Waals surface area contributed by atoms with E-state index < -0.39 is 21.9 Å². The van der Waals surface area contributed by atoms with Gasteiger partial charge in [-0.3, -0.25) is 0 Å². The molecule has 3 rings (SSSR count). The Kier molecular flexibility index (Phi) is 5.50. The minimum absolute atomic E-state index is 0.105. The van der Waals surface area contributed by atoms with Crippen molar-refractivity contribution < 1.29 is 18.4 Å². The van der Waals surface area contributed by atoms with Crippen LogP contribution in [0.5, 0.6) is 5.75 Å². The molecule has 1 aliphatic rings. The molecule has 2 heterocycles. The Balaban J connectivity index is 2.00. The molecule has 0 radical (unpaired) electrons. The molecular weight excluding hydrogens is 381 g/mol. The first kappa shape index (κ1) is 19.4. The molecule has 1 aromatic heterocycles. The Morgan fingerprint density at radius 1 is 1.46 bits per heavy atom. The summed E-state index contributed by atoms with van der Waals surface area (Å²) in [5, 5.41) is 4.43. The van der Waals surface area contributed by atoms with Crippen LogP contribution in [0.1, 0.15) is 38.1 Å². The summed E-state index contributed by atoms with van der Waals surface area (Å²) in [6, 6.07) is 2.44. The predicted molar refractivity (Wildman–Crippen MR) is 98.5 cm³/mol. The standard InChI is InChI=1S/C17H21ClFN3O3S/c1-17(2,3)26(23)21-12-8-25-9-13-10(12)7-20-22(13)16-11(19)5-6-14(24-4)15(16)18/h5-7,12,21H,8-9H2,1-4H3/t12-,26?/m1/s1. The number of rotatable bonds is 4. The molecule has 0 fully saturated rings. The average Bonchev–Trinajstić information content (AvgIpc) is 2.99. The van der Waals surface area contributed by atoms with E-state index in [-0.39, 0.29) is 23.4 Å². The summed E-state index contributed by atoms with van der Waals surface area (Å²) < 4.78 is 41.8. The van der Waals surface area contributed by atoms with Crippen LogP contribution in [-0.2, 0) is 22.7 Å². The first-order valence-corrected chi connectivity index (χ1v) is 9.61. The zero-order chi connectivity index (χ0) is 19.1. The zero-order valence-electron chi connectivity index (χ0n) is 15.0. The molecule has 0 saturated heterocycles. The molecule has 142 valence electrons. The van der Waals surface area contributed by atoms with Gasteiger partial charge >= 0.3 is 0 Å². The molecule has 0 bridgehead atoms. The Morgan fingerprint density at radius 2 is 2.19 bits per heavy atom. The first-order chi connectivity index (χ1) is 12.2. The molecule has 2 atom stereocenters. The highest BCUT2D eigenvalue weighted by atomic mass is 35.5. The van der Waals surface area contributed by atoms with Crippen molar-refractivity contribution in [3.8, 4) is 11.4 Å². The van der Waals surface area contributed by atoms with E-state index in [4.69, 9.17) is 21.1 Å². The molecule has 26 heavy (non-hydrogen) atoms. The minimum Gasteiger partial charge on any atom is -0.598 e. The van der Waals surface area contributed by atoms with Crippen molar-refractivity contribution in [2.75, 3.05) is 13.7 Å². The van der Waals surface area contributed by atoms with E-state index in [0.29, 0.717) is 18.1 Å². The van der Waals surface area contributed by atoms with Crippen molar-refractivity contribution in [1.82, 2.24) is 14.5 Å². The SMILES string of the molecule is COc1ccc(F)c(-n2ncc3c2COC[C@H]3N[S+]([O-])C(C)(C)C)c1Cl. The van der Waals surface area contributed by atoms with Gasteiger partial charge in [0, 0.05) is 16.9 Å². The molecule has 0 amide bonds. The second kappa shape index (κ2) is 7.36. The summed E-state index contributed by atoms with van der Waals surface area (Å²) in [6.07, 6.45) is 1.63. The molecule has 2 aromatic rings. The monoisotopic (exact) mass is 401 g/mol. The first-order valence-electron chi connectivity index (χ1n) is 8.09. The fourth-order valence-corrected chi connectivity index (χ4v) is 3.77. The number of hydrogen-bond acceptors (Lipinski definition) is 5. The average molecular weight is 402 g/mol. The molecule has 9 heteroatoms.